The second kappa shape index (κ2) is 7.41. The average molecular weight is 382 g/mol. The Morgan fingerprint density at radius 2 is 1.91 bits per heavy atom. The van der Waals surface area contributed by atoms with E-state index in [2.05, 4.69) is 41.7 Å². The molecular weight excluding hydrogens is 361 g/mol. The number of aromatic nitrogens is 1. The van der Waals surface area contributed by atoms with Gasteiger partial charge < -0.3 is 9.47 Å². The molecule has 0 saturated carbocycles. The van der Waals surface area contributed by atoms with Crippen molar-refractivity contribution in [1.82, 2.24) is 4.98 Å². The third-order valence-electron chi connectivity index (χ3n) is 3.00. The summed E-state index contributed by atoms with van der Waals surface area (Å²) in [5, 5.41) is 0. The van der Waals surface area contributed by atoms with Gasteiger partial charge in [-0.1, -0.05) is 36.7 Å². The first kappa shape index (κ1) is 17.9. The fourth-order valence-electron chi connectivity index (χ4n) is 1.91. The Morgan fingerprint density at radius 3 is 2.57 bits per heavy atom. The summed E-state index contributed by atoms with van der Waals surface area (Å²) in [6, 6.07) is 8.50. The number of nitrogens with zero attached hydrogens (tertiary/aromatic N) is 1. The van der Waals surface area contributed by atoms with Crippen LogP contribution in [-0.2, 0) is 11.3 Å². The standard InChI is InChI=1S/C18H21BrFNO2/c1-12-9-13(19)5-8-16(12)23-17-15(20)7-6-14(21-17)10-22-11-18(2,3)4/h5-9H,10-11H2,1-4H3. The fraction of sp³-hybridized carbons (Fsp3) is 0.389. The van der Waals surface area contributed by atoms with Gasteiger partial charge in [0.15, 0.2) is 5.82 Å². The molecule has 0 unspecified atom stereocenters. The Kier molecular flexibility index (Phi) is 5.76. The summed E-state index contributed by atoms with van der Waals surface area (Å²) in [5.41, 5.74) is 1.61. The minimum Gasteiger partial charge on any atom is -0.436 e. The maximum Gasteiger partial charge on any atom is 0.256 e. The van der Waals surface area contributed by atoms with Gasteiger partial charge in [-0.3, -0.25) is 0 Å². The van der Waals surface area contributed by atoms with E-state index in [1.807, 2.05) is 19.1 Å². The molecule has 0 amide bonds. The van der Waals surface area contributed by atoms with E-state index in [0.717, 1.165) is 10.0 Å². The van der Waals surface area contributed by atoms with Gasteiger partial charge in [-0.2, -0.15) is 0 Å². The highest BCUT2D eigenvalue weighted by atomic mass is 79.9. The molecule has 0 radical (unpaired) electrons. The Morgan fingerprint density at radius 1 is 1.17 bits per heavy atom. The molecule has 1 aromatic heterocycles. The summed E-state index contributed by atoms with van der Waals surface area (Å²) < 4.78 is 26.1. The number of aryl methyl sites for hydroxylation is 1. The van der Waals surface area contributed by atoms with E-state index in [9.17, 15) is 4.39 Å². The van der Waals surface area contributed by atoms with E-state index < -0.39 is 5.82 Å². The number of hydrogen-bond acceptors (Lipinski definition) is 3. The SMILES string of the molecule is Cc1cc(Br)ccc1Oc1nc(COCC(C)(C)C)ccc1F. The van der Waals surface area contributed by atoms with Gasteiger partial charge in [0, 0.05) is 4.47 Å². The fourth-order valence-corrected chi connectivity index (χ4v) is 2.38. The molecule has 0 fully saturated rings. The molecule has 0 aliphatic heterocycles. The number of hydrogen-bond donors (Lipinski definition) is 0. The van der Waals surface area contributed by atoms with Gasteiger partial charge in [0.05, 0.1) is 18.9 Å². The lowest BCUT2D eigenvalue weighted by Crippen LogP contribution is -2.14. The lowest BCUT2D eigenvalue weighted by Gasteiger charge is -2.18. The molecule has 0 spiro atoms. The molecule has 0 saturated heterocycles. The molecule has 0 N–H and O–H groups in total. The average Bonchev–Trinajstić information content (AvgIpc) is 2.44. The molecule has 0 aliphatic carbocycles. The maximum absolute atomic E-state index is 13.9. The molecule has 0 aliphatic rings. The second-order valence-electron chi connectivity index (χ2n) is 6.65. The van der Waals surface area contributed by atoms with Crippen LogP contribution in [0.2, 0.25) is 0 Å². The number of ether oxygens (including phenoxy) is 2. The first-order valence-electron chi connectivity index (χ1n) is 7.42. The summed E-state index contributed by atoms with van der Waals surface area (Å²) >= 11 is 3.39. The molecule has 3 nitrogen and oxygen atoms in total. The van der Waals surface area contributed by atoms with E-state index >= 15 is 0 Å². The first-order valence-corrected chi connectivity index (χ1v) is 8.21. The predicted molar refractivity (Wildman–Crippen MR) is 92.3 cm³/mol. The highest BCUT2D eigenvalue weighted by molar-refractivity contribution is 9.10. The number of rotatable bonds is 5. The second-order valence-corrected chi connectivity index (χ2v) is 7.57. The van der Waals surface area contributed by atoms with Crippen molar-refractivity contribution in [2.24, 2.45) is 5.41 Å². The Balaban J connectivity index is 2.11. The maximum atomic E-state index is 13.9. The zero-order valence-corrected chi connectivity index (χ0v) is 15.4. The van der Waals surface area contributed by atoms with Crippen molar-refractivity contribution in [2.45, 2.75) is 34.3 Å². The van der Waals surface area contributed by atoms with Gasteiger partial charge in [0.2, 0.25) is 0 Å². The van der Waals surface area contributed by atoms with Gasteiger partial charge in [0.25, 0.3) is 5.88 Å². The summed E-state index contributed by atoms with van der Waals surface area (Å²) in [6.45, 7) is 9.11. The summed E-state index contributed by atoms with van der Waals surface area (Å²) in [7, 11) is 0. The van der Waals surface area contributed by atoms with Crippen LogP contribution in [0.4, 0.5) is 4.39 Å². The molecule has 2 aromatic rings. The van der Waals surface area contributed by atoms with E-state index in [-0.39, 0.29) is 11.3 Å². The van der Waals surface area contributed by atoms with Crippen LogP contribution >= 0.6 is 15.9 Å². The van der Waals surface area contributed by atoms with Crippen molar-refractivity contribution in [3.05, 3.63) is 51.9 Å². The van der Waals surface area contributed by atoms with Crippen molar-refractivity contribution in [3.8, 4) is 11.6 Å². The van der Waals surface area contributed by atoms with Crippen LogP contribution < -0.4 is 4.74 Å². The molecule has 0 bridgehead atoms. The lowest BCUT2D eigenvalue weighted by atomic mass is 9.99. The van der Waals surface area contributed by atoms with Crippen LogP contribution in [0, 0.1) is 18.2 Å². The molecule has 5 heteroatoms. The summed E-state index contributed by atoms with van der Waals surface area (Å²) in [4.78, 5) is 4.22. The van der Waals surface area contributed by atoms with Gasteiger partial charge in [-0.25, -0.2) is 9.37 Å². The Hall–Kier alpha value is -1.46. The first-order chi connectivity index (χ1) is 10.7. The third kappa shape index (κ3) is 5.59. The minimum atomic E-state index is -0.494. The zero-order valence-electron chi connectivity index (χ0n) is 13.8. The molecule has 124 valence electrons. The number of pyridine rings is 1. The lowest BCUT2D eigenvalue weighted by molar-refractivity contribution is 0.0578. The normalized spacial score (nSPS) is 11.6. The van der Waals surface area contributed by atoms with Crippen LogP contribution in [0.1, 0.15) is 32.0 Å². The topological polar surface area (TPSA) is 31.4 Å². The molecule has 2 rings (SSSR count). The minimum absolute atomic E-state index is 0.0349. The van der Waals surface area contributed by atoms with E-state index in [4.69, 9.17) is 9.47 Å². The van der Waals surface area contributed by atoms with Crippen molar-refractivity contribution >= 4 is 15.9 Å². The highest BCUT2D eigenvalue weighted by Gasteiger charge is 2.13. The molecule has 1 heterocycles. The Bertz CT molecular complexity index is 683. The van der Waals surface area contributed by atoms with Crippen LogP contribution in [-0.4, -0.2) is 11.6 Å². The van der Waals surface area contributed by atoms with Gasteiger partial charge in [-0.15, -0.1) is 0 Å². The van der Waals surface area contributed by atoms with Crippen LogP contribution in [0.25, 0.3) is 0 Å². The monoisotopic (exact) mass is 381 g/mol. The van der Waals surface area contributed by atoms with E-state index in [1.54, 1.807) is 12.1 Å². The van der Waals surface area contributed by atoms with Crippen molar-refractivity contribution < 1.29 is 13.9 Å². The molecule has 23 heavy (non-hydrogen) atoms. The van der Waals surface area contributed by atoms with Crippen molar-refractivity contribution in [1.29, 1.82) is 0 Å². The highest BCUT2D eigenvalue weighted by Crippen LogP contribution is 2.28. The summed E-state index contributed by atoms with van der Waals surface area (Å²) in [6.07, 6.45) is 0. The number of benzene rings is 1. The quantitative estimate of drug-likeness (QED) is 0.670. The van der Waals surface area contributed by atoms with E-state index in [0.29, 0.717) is 24.7 Å². The zero-order chi connectivity index (χ0) is 17.0. The van der Waals surface area contributed by atoms with Gasteiger partial charge >= 0.3 is 0 Å². The predicted octanol–water partition coefficient (Wildman–Crippen LogP) is 5.65. The van der Waals surface area contributed by atoms with Crippen molar-refractivity contribution in [2.75, 3.05) is 6.61 Å². The van der Waals surface area contributed by atoms with Gasteiger partial charge in [0.1, 0.15) is 5.75 Å². The third-order valence-corrected chi connectivity index (χ3v) is 3.49. The van der Waals surface area contributed by atoms with E-state index in [1.165, 1.54) is 6.07 Å². The number of halogens is 2. The summed E-state index contributed by atoms with van der Waals surface area (Å²) in [5.74, 6) is 0.0477. The van der Waals surface area contributed by atoms with Crippen LogP contribution in [0.5, 0.6) is 11.6 Å². The van der Waals surface area contributed by atoms with Crippen molar-refractivity contribution in [3.63, 3.8) is 0 Å². The Labute approximate surface area is 145 Å². The van der Waals surface area contributed by atoms with Crippen LogP contribution in [0.3, 0.4) is 0 Å². The van der Waals surface area contributed by atoms with Crippen LogP contribution in [0.15, 0.2) is 34.8 Å². The smallest absolute Gasteiger partial charge is 0.256 e. The molecule has 1 aromatic carbocycles. The van der Waals surface area contributed by atoms with Gasteiger partial charge in [-0.05, 0) is 48.2 Å². The molecular formula is C18H21BrFNO2. The molecule has 0 atom stereocenters. The largest absolute Gasteiger partial charge is 0.436 e.